The van der Waals surface area contributed by atoms with Crippen LogP contribution in [0.25, 0.3) is 0 Å². The quantitative estimate of drug-likeness (QED) is 0.474. The standard InChI is InChI=1S/C4H8N2O3S/c1-5-3-10(8,9)6(2)4(5)7/h3H2,1-2H3. The smallest absolute Gasteiger partial charge is 0.311 e. The largest absolute Gasteiger partial charge is 0.334 e. The molecule has 0 N–H and O–H groups in total. The van der Waals surface area contributed by atoms with Crippen molar-refractivity contribution in [2.45, 2.75) is 0 Å². The summed E-state index contributed by atoms with van der Waals surface area (Å²) in [6.07, 6.45) is 0. The summed E-state index contributed by atoms with van der Waals surface area (Å²) >= 11 is 0. The van der Waals surface area contributed by atoms with Crippen LogP contribution >= 0.6 is 0 Å². The average Bonchev–Trinajstić information content (AvgIpc) is 1.95. The molecule has 10 heavy (non-hydrogen) atoms. The van der Waals surface area contributed by atoms with Crippen LogP contribution in [0.2, 0.25) is 0 Å². The van der Waals surface area contributed by atoms with E-state index in [2.05, 4.69) is 0 Å². The average molecular weight is 164 g/mol. The Morgan fingerprint density at radius 3 is 2.00 bits per heavy atom. The Balaban J connectivity index is 3.04. The summed E-state index contributed by atoms with van der Waals surface area (Å²) in [6, 6.07) is -0.472. The lowest BCUT2D eigenvalue weighted by atomic mass is 10.8. The van der Waals surface area contributed by atoms with Crippen molar-refractivity contribution in [2.24, 2.45) is 0 Å². The van der Waals surface area contributed by atoms with Crippen LogP contribution in [0.5, 0.6) is 0 Å². The van der Waals surface area contributed by atoms with Crippen LogP contribution in [0.3, 0.4) is 0 Å². The van der Waals surface area contributed by atoms with E-state index in [1.54, 1.807) is 0 Å². The normalized spacial score (nSPS) is 24.0. The Labute approximate surface area is 59.3 Å². The molecular weight excluding hydrogens is 156 g/mol. The molecule has 0 unspecified atom stereocenters. The third-order valence-corrected chi connectivity index (χ3v) is 3.07. The van der Waals surface area contributed by atoms with Gasteiger partial charge in [0.05, 0.1) is 0 Å². The fraction of sp³-hybridized carbons (Fsp3) is 0.750. The molecule has 1 rings (SSSR count). The Morgan fingerprint density at radius 2 is 1.90 bits per heavy atom. The third kappa shape index (κ3) is 0.841. The van der Waals surface area contributed by atoms with E-state index in [1.165, 1.54) is 14.1 Å². The minimum absolute atomic E-state index is 0.206. The van der Waals surface area contributed by atoms with Crippen molar-refractivity contribution in [1.82, 2.24) is 9.21 Å². The molecule has 0 bridgehead atoms. The van der Waals surface area contributed by atoms with Gasteiger partial charge in [-0.15, -0.1) is 0 Å². The fourth-order valence-electron chi connectivity index (χ4n) is 0.746. The SMILES string of the molecule is CN1CS(=O)(=O)N(C)C1=O. The van der Waals surface area contributed by atoms with Crippen molar-refractivity contribution in [3.63, 3.8) is 0 Å². The van der Waals surface area contributed by atoms with Crippen molar-refractivity contribution >= 4 is 16.1 Å². The molecule has 1 fully saturated rings. The van der Waals surface area contributed by atoms with Gasteiger partial charge in [-0.25, -0.2) is 17.5 Å². The molecule has 0 atom stereocenters. The van der Waals surface area contributed by atoms with Gasteiger partial charge >= 0.3 is 6.03 Å². The van der Waals surface area contributed by atoms with E-state index < -0.39 is 16.1 Å². The van der Waals surface area contributed by atoms with Crippen molar-refractivity contribution in [3.8, 4) is 0 Å². The van der Waals surface area contributed by atoms with E-state index in [4.69, 9.17) is 0 Å². The molecule has 2 amide bonds. The highest BCUT2D eigenvalue weighted by atomic mass is 32.2. The number of urea groups is 1. The maximum atomic E-state index is 10.8. The summed E-state index contributed by atoms with van der Waals surface area (Å²) in [6.45, 7) is 0. The molecule has 0 aromatic heterocycles. The van der Waals surface area contributed by atoms with Crippen LogP contribution in [0, 0.1) is 0 Å². The van der Waals surface area contributed by atoms with E-state index >= 15 is 0 Å². The van der Waals surface area contributed by atoms with Crippen molar-refractivity contribution in [1.29, 1.82) is 0 Å². The molecule has 0 spiro atoms. The molecule has 6 heteroatoms. The van der Waals surface area contributed by atoms with Crippen LogP contribution in [-0.2, 0) is 10.0 Å². The second-order valence-corrected chi connectivity index (χ2v) is 4.16. The molecule has 58 valence electrons. The third-order valence-electron chi connectivity index (χ3n) is 1.37. The predicted molar refractivity (Wildman–Crippen MR) is 34.7 cm³/mol. The zero-order valence-corrected chi connectivity index (χ0v) is 6.55. The molecular formula is C4H8N2O3S. The van der Waals surface area contributed by atoms with Gasteiger partial charge in [-0.3, -0.25) is 0 Å². The molecule has 0 radical (unpaired) electrons. The lowest BCUT2D eigenvalue weighted by Gasteiger charge is -2.05. The zero-order chi connectivity index (χ0) is 7.94. The molecule has 0 saturated carbocycles. The molecule has 0 aromatic carbocycles. The van der Waals surface area contributed by atoms with Crippen LogP contribution in [0.15, 0.2) is 0 Å². The summed E-state index contributed by atoms with van der Waals surface area (Å²) in [5.41, 5.74) is 0. The highest BCUT2D eigenvalue weighted by Crippen LogP contribution is 2.11. The highest BCUT2D eigenvalue weighted by molar-refractivity contribution is 7.90. The van der Waals surface area contributed by atoms with E-state index in [1.807, 2.05) is 0 Å². The molecule has 5 nitrogen and oxygen atoms in total. The minimum atomic E-state index is -3.31. The fourth-order valence-corrected chi connectivity index (χ4v) is 1.90. The molecule has 1 aliphatic heterocycles. The summed E-state index contributed by atoms with van der Waals surface area (Å²) in [4.78, 5) is 11.9. The Morgan fingerprint density at radius 1 is 1.40 bits per heavy atom. The van der Waals surface area contributed by atoms with Crippen LogP contribution in [0.1, 0.15) is 0 Å². The van der Waals surface area contributed by atoms with E-state index in [0.717, 1.165) is 9.21 Å². The van der Waals surface area contributed by atoms with Gasteiger partial charge in [0, 0.05) is 14.1 Å². The van der Waals surface area contributed by atoms with Gasteiger partial charge in [0.2, 0.25) is 0 Å². The number of rotatable bonds is 0. The van der Waals surface area contributed by atoms with Gasteiger partial charge in [-0.1, -0.05) is 0 Å². The van der Waals surface area contributed by atoms with E-state index in [9.17, 15) is 13.2 Å². The molecule has 0 aromatic rings. The Bertz CT molecular complexity index is 258. The Kier molecular flexibility index (Phi) is 1.36. The number of sulfonamides is 1. The molecule has 1 heterocycles. The second kappa shape index (κ2) is 1.85. The number of hydrogen-bond donors (Lipinski definition) is 0. The van der Waals surface area contributed by atoms with Crippen molar-refractivity contribution in [2.75, 3.05) is 20.0 Å². The summed E-state index contributed by atoms with van der Waals surface area (Å²) in [5.74, 6) is -0.206. The van der Waals surface area contributed by atoms with Gasteiger partial charge in [-0.2, -0.15) is 0 Å². The van der Waals surface area contributed by atoms with E-state index in [0.29, 0.717) is 0 Å². The summed E-state index contributed by atoms with van der Waals surface area (Å²) < 4.78 is 22.4. The van der Waals surface area contributed by atoms with Crippen LogP contribution in [-0.4, -0.2) is 43.6 Å². The first-order valence-corrected chi connectivity index (χ1v) is 4.28. The first-order valence-electron chi connectivity index (χ1n) is 2.67. The lowest BCUT2D eigenvalue weighted by molar-refractivity contribution is 0.209. The topological polar surface area (TPSA) is 57.7 Å². The first-order chi connectivity index (χ1) is 4.45. The maximum Gasteiger partial charge on any atom is 0.334 e. The molecule has 1 aliphatic rings. The number of nitrogens with zero attached hydrogens (tertiary/aromatic N) is 2. The summed E-state index contributed by atoms with van der Waals surface area (Å²) in [5, 5.41) is 0. The Hall–Kier alpha value is -0.780. The maximum absolute atomic E-state index is 10.8. The predicted octanol–water partition coefficient (Wildman–Crippen LogP) is -0.729. The lowest BCUT2D eigenvalue weighted by Crippen LogP contribution is -2.27. The number of hydrogen-bond acceptors (Lipinski definition) is 3. The minimum Gasteiger partial charge on any atom is -0.311 e. The number of carbonyl (C=O) groups is 1. The molecule has 0 aliphatic carbocycles. The van der Waals surface area contributed by atoms with Crippen LogP contribution < -0.4 is 0 Å². The second-order valence-electron chi connectivity index (χ2n) is 2.19. The van der Waals surface area contributed by atoms with Gasteiger partial charge < -0.3 is 4.90 Å². The summed E-state index contributed by atoms with van der Waals surface area (Å²) in [7, 11) is -0.615. The first kappa shape index (κ1) is 7.33. The van der Waals surface area contributed by atoms with Gasteiger partial charge in [-0.05, 0) is 0 Å². The van der Waals surface area contributed by atoms with Crippen LogP contribution in [0.4, 0.5) is 4.79 Å². The number of carbonyl (C=O) groups excluding carboxylic acids is 1. The van der Waals surface area contributed by atoms with Gasteiger partial charge in [0.25, 0.3) is 10.0 Å². The van der Waals surface area contributed by atoms with Gasteiger partial charge in [0.1, 0.15) is 5.88 Å². The zero-order valence-electron chi connectivity index (χ0n) is 5.73. The van der Waals surface area contributed by atoms with Gasteiger partial charge in [0.15, 0.2) is 0 Å². The van der Waals surface area contributed by atoms with Crippen molar-refractivity contribution < 1.29 is 13.2 Å². The number of amides is 2. The van der Waals surface area contributed by atoms with Crippen molar-refractivity contribution in [3.05, 3.63) is 0 Å². The highest BCUT2D eigenvalue weighted by Gasteiger charge is 2.35. The monoisotopic (exact) mass is 164 g/mol. The van der Waals surface area contributed by atoms with E-state index in [-0.39, 0.29) is 5.88 Å². The molecule has 1 saturated heterocycles.